The van der Waals surface area contributed by atoms with Crippen molar-refractivity contribution in [2.75, 3.05) is 36.0 Å². The number of carbonyl (C=O) groups is 1. The van der Waals surface area contributed by atoms with Crippen LogP contribution < -0.4 is 9.80 Å². The van der Waals surface area contributed by atoms with E-state index in [2.05, 4.69) is 9.97 Å². The highest BCUT2D eigenvalue weighted by atomic mass is 19.4. The van der Waals surface area contributed by atoms with Gasteiger partial charge in [0.05, 0.1) is 5.56 Å². The predicted octanol–water partition coefficient (Wildman–Crippen LogP) is 2.91. The van der Waals surface area contributed by atoms with Crippen LogP contribution in [-0.2, 0) is 6.18 Å². The number of nitrogens with zero attached hydrogens (tertiary/aromatic N) is 4. The van der Waals surface area contributed by atoms with Crippen molar-refractivity contribution in [3.8, 4) is 0 Å². The molecule has 0 spiro atoms. The summed E-state index contributed by atoms with van der Waals surface area (Å²) in [4.78, 5) is 22.4. The first-order valence-electron chi connectivity index (χ1n) is 8.07. The Hall–Kier alpha value is -2.84. The molecule has 0 aromatic carbocycles. The molecule has 138 valence electrons. The van der Waals surface area contributed by atoms with Gasteiger partial charge in [0.15, 0.2) is 0 Å². The smallest absolute Gasteiger partial charge is 0.433 e. The van der Waals surface area contributed by atoms with E-state index in [0.717, 1.165) is 12.5 Å². The second kappa shape index (κ2) is 7.19. The zero-order chi connectivity index (χ0) is 18.7. The topological polar surface area (TPSA) is 69.6 Å². The van der Waals surface area contributed by atoms with Crippen molar-refractivity contribution in [3.63, 3.8) is 0 Å². The Labute approximate surface area is 147 Å². The van der Waals surface area contributed by atoms with Gasteiger partial charge in [0, 0.05) is 44.3 Å². The maximum absolute atomic E-state index is 12.8. The van der Waals surface area contributed by atoms with E-state index in [1.165, 1.54) is 18.5 Å². The fraction of sp³-hybridized carbons (Fsp3) is 0.353. The number of carboxylic acids is 1. The molecule has 0 amide bonds. The molecule has 0 aliphatic carbocycles. The average Bonchev–Trinajstić information content (AvgIpc) is 2.87. The third kappa shape index (κ3) is 4.04. The van der Waals surface area contributed by atoms with Gasteiger partial charge >= 0.3 is 12.1 Å². The van der Waals surface area contributed by atoms with E-state index in [0.29, 0.717) is 37.7 Å². The molecule has 1 saturated heterocycles. The van der Waals surface area contributed by atoms with E-state index in [-0.39, 0.29) is 5.56 Å². The number of hydrogen-bond acceptors (Lipinski definition) is 5. The first-order chi connectivity index (χ1) is 12.3. The van der Waals surface area contributed by atoms with Crippen molar-refractivity contribution in [3.05, 3.63) is 47.9 Å². The van der Waals surface area contributed by atoms with Crippen LogP contribution in [0.4, 0.5) is 24.7 Å². The van der Waals surface area contributed by atoms with Crippen LogP contribution in [0.1, 0.15) is 22.5 Å². The summed E-state index contributed by atoms with van der Waals surface area (Å²) in [5.74, 6) is -0.383. The van der Waals surface area contributed by atoms with Crippen LogP contribution in [-0.4, -0.2) is 47.2 Å². The fourth-order valence-electron chi connectivity index (χ4n) is 2.88. The lowest BCUT2D eigenvalue weighted by Gasteiger charge is -2.24. The zero-order valence-corrected chi connectivity index (χ0v) is 13.8. The second-order valence-corrected chi connectivity index (χ2v) is 5.93. The molecule has 2 aromatic rings. The van der Waals surface area contributed by atoms with Gasteiger partial charge in [-0.2, -0.15) is 13.2 Å². The van der Waals surface area contributed by atoms with Gasteiger partial charge in [-0.1, -0.05) is 0 Å². The van der Waals surface area contributed by atoms with E-state index in [4.69, 9.17) is 5.11 Å². The summed E-state index contributed by atoms with van der Waals surface area (Å²) in [6.45, 7) is 2.41. The molecule has 2 aromatic heterocycles. The molecule has 26 heavy (non-hydrogen) atoms. The lowest BCUT2D eigenvalue weighted by atomic mass is 10.2. The molecule has 1 aliphatic rings. The van der Waals surface area contributed by atoms with E-state index < -0.39 is 17.8 Å². The number of aromatic carboxylic acids is 1. The normalized spacial score (nSPS) is 15.7. The number of halogens is 3. The van der Waals surface area contributed by atoms with Crippen molar-refractivity contribution in [1.29, 1.82) is 0 Å². The van der Waals surface area contributed by atoms with Crippen LogP contribution in [0.5, 0.6) is 0 Å². The first-order valence-corrected chi connectivity index (χ1v) is 8.07. The third-order valence-corrected chi connectivity index (χ3v) is 4.21. The number of carboxylic acid groups (broad SMARTS) is 1. The minimum atomic E-state index is -4.47. The molecule has 0 saturated carbocycles. The van der Waals surface area contributed by atoms with Gasteiger partial charge < -0.3 is 14.9 Å². The van der Waals surface area contributed by atoms with Gasteiger partial charge in [0.25, 0.3) is 0 Å². The van der Waals surface area contributed by atoms with Gasteiger partial charge in [0.2, 0.25) is 0 Å². The summed E-state index contributed by atoms with van der Waals surface area (Å²) < 4.78 is 38.5. The van der Waals surface area contributed by atoms with Crippen molar-refractivity contribution < 1.29 is 23.1 Å². The number of hydrogen-bond donors (Lipinski definition) is 1. The Bertz CT molecular complexity index is 780. The molecular weight excluding hydrogens is 349 g/mol. The minimum Gasteiger partial charge on any atom is -0.478 e. The van der Waals surface area contributed by atoms with Crippen LogP contribution in [0, 0.1) is 0 Å². The maximum atomic E-state index is 12.8. The van der Waals surface area contributed by atoms with Crippen molar-refractivity contribution >= 4 is 17.5 Å². The van der Waals surface area contributed by atoms with Crippen molar-refractivity contribution in [2.24, 2.45) is 0 Å². The molecule has 0 unspecified atom stereocenters. The quantitative estimate of drug-likeness (QED) is 0.901. The summed E-state index contributed by atoms with van der Waals surface area (Å²) in [6.07, 6.45) is -1.25. The van der Waals surface area contributed by atoms with Crippen LogP contribution in [0.2, 0.25) is 0 Å². The highest BCUT2D eigenvalue weighted by molar-refractivity contribution is 5.87. The third-order valence-electron chi connectivity index (χ3n) is 4.21. The summed E-state index contributed by atoms with van der Waals surface area (Å²) in [5, 5.41) is 8.93. The molecule has 9 heteroatoms. The average molecular weight is 366 g/mol. The molecule has 6 nitrogen and oxygen atoms in total. The predicted molar refractivity (Wildman–Crippen MR) is 89.5 cm³/mol. The van der Waals surface area contributed by atoms with Crippen LogP contribution in [0.25, 0.3) is 0 Å². The number of anilines is 2. The highest BCUT2D eigenvalue weighted by Crippen LogP contribution is 2.30. The Morgan fingerprint density at radius 2 is 1.77 bits per heavy atom. The summed E-state index contributed by atoms with van der Waals surface area (Å²) in [7, 11) is 0. The molecule has 3 rings (SSSR count). The molecule has 0 bridgehead atoms. The molecule has 0 atom stereocenters. The number of rotatable bonds is 3. The maximum Gasteiger partial charge on any atom is 0.433 e. The van der Waals surface area contributed by atoms with Crippen LogP contribution >= 0.6 is 0 Å². The van der Waals surface area contributed by atoms with Crippen LogP contribution in [0.15, 0.2) is 36.7 Å². The Morgan fingerprint density at radius 3 is 2.42 bits per heavy atom. The Morgan fingerprint density at radius 1 is 1.04 bits per heavy atom. The number of pyridine rings is 2. The Kier molecular flexibility index (Phi) is 4.97. The summed E-state index contributed by atoms with van der Waals surface area (Å²) in [5.41, 5.74) is -0.299. The zero-order valence-electron chi connectivity index (χ0n) is 13.8. The van der Waals surface area contributed by atoms with E-state index in [1.807, 2.05) is 9.80 Å². The Balaban J connectivity index is 1.71. The summed E-state index contributed by atoms with van der Waals surface area (Å²) >= 11 is 0. The lowest BCUT2D eigenvalue weighted by molar-refractivity contribution is -0.141. The molecular formula is C17H17F3N4O2. The van der Waals surface area contributed by atoms with Gasteiger partial charge in [-0.3, -0.25) is 4.98 Å². The van der Waals surface area contributed by atoms with E-state index in [9.17, 15) is 18.0 Å². The van der Waals surface area contributed by atoms with Crippen LogP contribution in [0.3, 0.4) is 0 Å². The lowest BCUT2D eigenvalue weighted by Crippen LogP contribution is -2.31. The SMILES string of the molecule is O=C(O)c1ccc(N2CCCN(c3ccnc(C(F)(F)F)c3)CC2)nc1. The molecule has 1 fully saturated rings. The standard InChI is InChI=1S/C17H17F3N4O2/c18-17(19,20)14-10-13(4-5-21-14)23-6-1-7-24(9-8-23)15-3-2-12(11-22-15)16(25)26/h2-5,10-11H,1,6-9H2,(H,25,26). The molecule has 0 radical (unpaired) electrons. The van der Waals surface area contributed by atoms with Gasteiger partial charge in [-0.05, 0) is 30.7 Å². The fourth-order valence-corrected chi connectivity index (χ4v) is 2.88. The number of aromatic nitrogens is 2. The van der Waals surface area contributed by atoms with E-state index in [1.54, 1.807) is 12.1 Å². The monoisotopic (exact) mass is 366 g/mol. The largest absolute Gasteiger partial charge is 0.478 e. The van der Waals surface area contributed by atoms with Gasteiger partial charge in [-0.25, -0.2) is 9.78 Å². The molecule has 3 heterocycles. The second-order valence-electron chi connectivity index (χ2n) is 5.93. The number of alkyl halides is 3. The first kappa shape index (κ1) is 18.0. The van der Waals surface area contributed by atoms with Crippen molar-refractivity contribution in [1.82, 2.24) is 9.97 Å². The van der Waals surface area contributed by atoms with Gasteiger partial charge in [-0.15, -0.1) is 0 Å². The van der Waals surface area contributed by atoms with Gasteiger partial charge in [0.1, 0.15) is 11.5 Å². The molecule has 1 aliphatic heterocycles. The van der Waals surface area contributed by atoms with E-state index >= 15 is 0 Å². The minimum absolute atomic E-state index is 0.113. The van der Waals surface area contributed by atoms with Crippen molar-refractivity contribution in [2.45, 2.75) is 12.6 Å². The summed E-state index contributed by atoms with van der Waals surface area (Å²) in [6, 6.07) is 5.78. The highest BCUT2D eigenvalue weighted by Gasteiger charge is 2.33. The molecule has 1 N–H and O–H groups in total.